The molecule has 20 heavy (non-hydrogen) atoms. The molecule has 0 spiro atoms. The highest BCUT2D eigenvalue weighted by molar-refractivity contribution is 5.76. The number of halogens is 2. The number of rotatable bonds is 3. The van der Waals surface area contributed by atoms with Gasteiger partial charge in [0.1, 0.15) is 23.9 Å². The fourth-order valence-electron chi connectivity index (χ4n) is 1.68. The minimum absolute atomic E-state index is 0.0641. The van der Waals surface area contributed by atoms with Gasteiger partial charge in [0.15, 0.2) is 5.83 Å². The molecule has 102 valence electrons. The van der Waals surface area contributed by atoms with Gasteiger partial charge in [0.25, 0.3) is 0 Å². The number of alkyl halides is 1. The topological polar surface area (TPSA) is 53.3 Å². The largest absolute Gasteiger partial charge is 0.454 e. The lowest BCUT2D eigenvalue weighted by atomic mass is 10.1. The lowest BCUT2D eigenvalue weighted by Gasteiger charge is -2.23. The van der Waals surface area contributed by atoms with Gasteiger partial charge in [-0.2, -0.15) is 5.26 Å². The fourth-order valence-corrected chi connectivity index (χ4v) is 1.68. The van der Waals surface area contributed by atoms with E-state index in [1.165, 1.54) is 31.4 Å². The predicted octanol–water partition coefficient (Wildman–Crippen LogP) is 2.69. The van der Waals surface area contributed by atoms with Gasteiger partial charge in [-0.05, 0) is 18.2 Å². The van der Waals surface area contributed by atoms with Crippen LogP contribution in [-0.2, 0) is 0 Å². The Bertz CT molecular complexity index is 647. The Morgan fingerprint density at radius 2 is 2.25 bits per heavy atom. The number of nitriles is 1. The molecular formula is C14H10F2N2O2. The van der Waals surface area contributed by atoms with Crippen LogP contribution in [0.2, 0.25) is 0 Å². The van der Waals surface area contributed by atoms with Crippen molar-refractivity contribution < 1.29 is 18.3 Å². The second-order valence-corrected chi connectivity index (χ2v) is 4.15. The number of aldehydes is 1. The van der Waals surface area contributed by atoms with Gasteiger partial charge >= 0.3 is 0 Å². The maximum absolute atomic E-state index is 13.3. The van der Waals surface area contributed by atoms with Crippen molar-refractivity contribution in [2.45, 2.75) is 6.30 Å². The molecule has 0 aromatic heterocycles. The summed E-state index contributed by atoms with van der Waals surface area (Å²) in [5, 5.41) is 8.99. The second-order valence-electron chi connectivity index (χ2n) is 4.15. The molecule has 1 aromatic carbocycles. The molecule has 0 saturated carbocycles. The molecule has 0 fully saturated rings. The first-order chi connectivity index (χ1) is 9.55. The SMILES string of the molecule is CN1C=C(Oc2ccc(C=O)cc2C#N)C=C(F)C1F. The van der Waals surface area contributed by atoms with Gasteiger partial charge in [-0.3, -0.25) is 4.79 Å². The maximum atomic E-state index is 13.3. The maximum Gasteiger partial charge on any atom is 0.224 e. The zero-order valence-electron chi connectivity index (χ0n) is 10.5. The highest BCUT2D eigenvalue weighted by Crippen LogP contribution is 2.26. The third kappa shape index (κ3) is 2.67. The van der Waals surface area contributed by atoms with Gasteiger partial charge in [-0.25, -0.2) is 8.78 Å². The lowest BCUT2D eigenvalue weighted by molar-refractivity contribution is 0.112. The summed E-state index contributed by atoms with van der Waals surface area (Å²) in [4.78, 5) is 11.6. The minimum Gasteiger partial charge on any atom is -0.454 e. The first kappa shape index (κ1) is 13.7. The molecular weight excluding hydrogens is 266 g/mol. The Balaban J connectivity index is 2.30. The first-order valence-corrected chi connectivity index (χ1v) is 5.67. The molecule has 6 heteroatoms. The number of likely N-dealkylation sites (N-methyl/N-ethyl adjacent to an activating group) is 1. The molecule has 1 aliphatic rings. The second kappa shape index (κ2) is 5.53. The molecule has 4 nitrogen and oxygen atoms in total. The van der Waals surface area contributed by atoms with E-state index in [0.29, 0.717) is 11.8 Å². The zero-order chi connectivity index (χ0) is 14.7. The van der Waals surface area contributed by atoms with Crippen molar-refractivity contribution in [3.05, 3.63) is 53.2 Å². The minimum atomic E-state index is -1.84. The summed E-state index contributed by atoms with van der Waals surface area (Å²) in [6.07, 6.45) is 0.961. The highest BCUT2D eigenvalue weighted by atomic mass is 19.2. The summed E-state index contributed by atoms with van der Waals surface area (Å²) in [6.45, 7) is 0. The predicted molar refractivity (Wildman–Crippen MR) is 67.1 cm³/mol. The van der Waals surface area contributed by atoms with Crippen LogP contribution in [0.1, 0.15) is 15.9 Å². The summed E-state index contributed by atoms with van der Waals surface area (Å²) in [5.74, 6) is -0.749. The molecule has 0 radical (unpaired) electrons. The van der Waals surface area contributed by atoms with Gasteiger partial charge < -0.3 is 9.64 Å². The molecule has 1 heterocycles. The van der Waals surface area contributed by atoms with E-state index in [0.717, 1.165) is 11.0 Å². The normalized spacial score (nSPS) is 17.9. The number of allylic oxidation sites excluding steroid dienone is 1. The van der Waals surface area contributed by atoms with Crippen LogP contribution in [0.15, 0.2) is 42.1 Å². The zero-order valence-corrected chi connectivity index (χ0v) is 10.5. The Morgan fingerprint density at radius 3 is 2.85 bits per heavy atom. The number of hydrogen-bond donors (Lipinski definition) is 0. The lowest BCUT2D eigenvalue weighted by Crippen LogP contribution is -2.27. The Kier molecular flexibility index (Phi) is 3.80. The molecule has 0 saturated heterocycles. The standard InChI is InChI=1S/C14H10F2N2O2/c1-18-7-11(5-12(15)14(18)16)20-13-3-2-9(8-19)4-10(13)6-17/h2-5,7-8,14H,1H3. The third-order valence-corrected chi connectivity index (χ3v) is 2.68. The Morgan fingerprint density at radius 1 is 1.50 bits per heavy atom. The number of benzene rings is 1. The van der Waals surface area contributed by atoms with E-state index in [2.05, 4.69) is 0 Å². The Labute approximate surface area is 114 Å². The van der Waals surface area contributed by atoms with Crippen LogP contribution >= 0.6 is 0 Å². The summed E-state index contributed by atoms with van der Waals surface area (Å²) in [7, 11) is 1.36. The van der Waals surface area contributed by atoms with Crippen molar-refractivity contribution in [3.63, 3.8) is 0 Å². The molecule has 2 rings (SSSR count). The average molecular weight is 276 g/mol. The fraction of sp³-hybridized carbons (Fsp3) is 0.143. The van der Waals surface area contributed by atoms with Crippen molar-refractivity contribution in [3.8, 4) is 11.8 Å². The van der Waals surface area contributed by atoms with E-state index >= 15 is 0 Å². The van der Waals surface area contributed by atoms with Gasteiger partial charge in [-0.15, -0.1) is 0 Å². The number of hydrogen-bond acceptors (Lipinski definition) is 4. The number of nitrogens with zero attached hydrogens (tertiary/aromatic N) is 2. The van der Waals surface area contributed by atoms with Crippen LogP contribution in [-0.4, -0.2) is 24.5 Å². The van der Waals surface area contributed by atoms with Crippen LogP contribution in [0, 0.1) is 11.3 Å². The molecule has 0 aliphatic carbocycles. The first-order valence-electron chi connectivity index (χ1n) is 5.67. The third-order valence-electron chi connectivity index (χ3n) is 2.68. The monoisotopic (exact) mass is 276 g/mol. The summed E-state index contributed by atoms with van der Waals surface area (Å²) in [5.41, 5.74) is 0.462. The molecule has 1 aromatic rings. The van der Waals surface area contributed by atoms with Gasteiger partial charge in [0.05, 0.1) is 5.56 Å². The van der Waals surface area contributed by atoms with Gasteiger partial charge in [-0.1, -0.05) is 0 Å². The van der Waals surface area contributed by atoms with Crippen molar-refractivity contribution in [1.29, 1.82) is 5.26 Å². The van der Waals surface area contributed by atoms with E-state index < -0.39 is 12.1 Å². The summed E-state index contributed by atoms with van der Waals surface area (Å²) >= 11 is 0. The summed E-state index contributed by atoms with van der Waals surface area (Å²) in [6, 6.07) is 6.13. The molecule has 1 unspecified atom stereocenters. The Hall–Kier alpha value is -2.68. The van der Waals surface area contributed by atoms with Gasteiger partial charge in [0, 0.05) is 24.9 Å². The smallest absolute Gasteiger partial charge is 0.224 e. The van der Waals surface area contributed by atoms with Crippen molar-refractivity contribution in [1.82, 2.24) is 4.90 Å². The number of ether oxygens (including phenoxy) is 1. The molecule has 1 atom stereocenters. The van der Waals surface area contributed by atoms with E-state index in [9.17, 15) is 13.6 Å². The molecule has 0 amide bonds. The van der Waals surface area contributed by atoms with E-state index in [-0.39, 0.29) is 17.1 Å². The van der Waals surface area contributed by atoms with Crippen molar-refractivity contribution in [2.24, 2.45) is 0 Å². The van der Waals surface area contributed by atoms with Crippen LogP contribution in [0.3, 0.4) is 0 Å². The van der Waals surface area contributed by atoms with Crippen LogP contribution in [0.25, 0.3) is 0 Å². The van der Waals surface area contributed by atoms with Crippen LogP contribution in [0.4, 0.5) is 8.78 Å². The number of carbonyl (C=O) groups excluding carboxylic acids is 1. The van der Waals surface area contributed by atoms with Gasteiger partial charge in [0.2, 0.25) is 6.30 Å². The van der Waals surface area contributed by atoms with E-state index in [1.807, 2.05) is 6.07 Å². The molecule has 0 bridgehead atoms. The number of carbonyl (C=O) groups is 1. The quantitative estimate of drug-likeness (QED) is 0.629. The average Bonchev–Trinajstić information content (AvgIpc) is 2.45. The molecule has 0 N–H and O–H groups in total. The van der Waals surface area contributed by atoms with Crippen LogP contribution in [0.5, 0.6) is 5.75 Å². The van der Waals surface area contributed by atoms with Crippen molar-refractivity contribution in [2.75, 3.05) is 7.05 Å². The summed E-state index contributed by atoms with van der Waals surface area (Å²) < 4.78 is 31.9. The van der Waals surface area contributed by atoms with Crippen LogP contribution < -0.4 is 4.74 Å². The highest BCUT2D eigenvalue weighted by Gasteiger charge is 2.22. The molecule has 1 aliphatic heterocycles. The van der Waals surface area contributed by atoms with Crippen molar-refractivity contribution >= 4 is 6.29 Å². The van der Waals surface area contributed by atoms with E-state index in [4.69, 9.17) is 10.00 Å². The van der Waals surface area contributed by atoms with E-state index in [1.54, 1.807) is 0 Å².